The summed E-state index contributed by atoms with van der Waals surface area (Å²) in [6, 6.07) is 10.1. The molecular formula is C20H20N4O2. The summed E-state index contributed by atoms with van der Waals surface area (Å²) in [6.45, 7) is 7.93. The molecule has 0 saturated carbocycles. The molecular weight excluding hydrogens is 328 g/mol. The lowest BCUT2D eigenvalue weighted by molar-refractivity contribution is -0.121. The average Bonchev–Trinajstić information content (AvgIpc) is 3.10. The second-order valence-corrected chi connectivity index (χ2v) is 7.07. The van der Waals surface area contributed by atoms with E-state index in [1.807, 2.05) is 64.1 Å². The number of hydrogen-bond acceptors (Lipinski definition) is 5. The fourth-order valence-corrected chi connectivity index (χ4v) is 3.58. The zero-order valence-electron chi connectivity index (χ0n) is 15.2. The number of imide groups is 1. The Morgan fingerprint density at radius 3 is 2.15 bits per heavy atom. The maximum atomic E-state index is 13.1. The Bertz CT molecular complexity index is 946. The molecule has 26 heavy (non-hydrogen) atoms. The maximum Gasteiger partial charge on any atom is 0.263 e. The molecule has 0 bridgehead atoms. The van der Waals surface area contributed by atoms with Gasteiger partial charge in [0.2, 0.25) is 0 Å². The number of anilines is 2. The molecule has 0 radical (unpaired) electrons. The van der Waals surface area contributed by atoms with E-state index in [1.165, 1.54) is 4.90 Å². The van der Waals surface area contributed by atoms with Gasteiger partial charge in [-0.1, -0.05) is 17.4 Å². The quantitative estimate of drug-likeness (QED) is 0.781. The molecule has 4 rings (SSSR count). The zero-order valence-corrected chi connectivity index (χ0v) is 15.2. The molecule has 2 atom stereocenters. The second-order valence-electron chi connectivity index (χ2n) is 7.07. The molecule has 2 aromatic carbocycles. The number of carbonyl (C=O) groups excluding carboxylic acids is 2. The molecule has 0 aromatic heterocycles. The summed E-state index contributed by atoms with van der Waals surface area (Å²) in [5, 5.41) is 9.78. The van der Waals surface area contributed by atoms with Crippen LogP contribution in [-0.4, -0.2) is 23.9 Å². The minimum absolute atomic E-state index is 0.284. The first-order valence-corrected chi connectivity index (χ1v) is 8.60. The summed E-state index contributed by atoms with van der Waals surface area (Å²) < 4.78 is 0. The molecule has 2 amide bonds. The molecule has 0 spiro atoms. The zero-order chi connectivity index (χ0) is 18.6. The van der Waals surface area contributed by atoms with E-state index in [9.17, 15) is 9.59 Å². The molecule has 2 aliphatic heterocycles. The van der Waals surface area contributed by atoms with Crippen LogP contribution in [0.15, 0.2) is 46.7 Å². The number of fused-ring (bicyclic) bond motifs is 1. The normalized spacial score (nSPS) is 21.7. The molecule has 6 nitrogen and oxygen atoms in total. The van der Waals surface area contributed by atoms with Crippen LogP contribution in [0.1, 0.15) is 22.3 Å². The van der Waals surface area contributed by atoms with Crippen LogP contribution in [-0.2, 0) is 9.59 Å². The number of amides is 2. The van der Waals surface area contributed by atoms with Gasteiger partial charge in [0.05, 0.1) is 11.4 Å². The molecule has 1 fully saturated rings. The summed E-state index contributed by atoms with van der Waals surface area (Å²) in [5.41, 5.74) is 5.64. The Kier molecular flexibility index (Phi) is 3.64. The van der Waals surface area contributed by atoms with E-state index in [4.69, 9.17) is 0 Å². The molecule has 0 unspecified atom stereocenters. The lowest BCUT2D eigenvalue weighted by atomic mass is 10.1. The van der Waals surface area contributed by atoms with E-state index in [0.29, 0.717) is 5.69 Å². The fraction of sp³-hybridized carbons (Fsp3) is 0.300. The molecule has 2 aliphatic rings. The van der Waals surface area contributed by atoms with Crippen molar-refractivity contribution >= 4 is 23.2 Å². The number of carbonyl (C=O) groups is 2. The molecule has 6 heteroatoms. The van der Waals surface area contributed by atoms with Crippen molar-refractivity contribution in [3.8, 4) is 0 Å². The first-order valence-electron chi connectivity index (χ1n) is 8.60. The van der Waals surface area contributed by atoms with Crippen molar-refractivity contribution in [2.24, 2.45) is 10.3 Å². The predicted molar refractivity (Wildman–Crippen MR) is 99.2 cm³/mol. The monoisotopic (exact) mass is 348 g/mol. The van der Waals surface area contributed by atoms with Crippen LogP contribution >= 0.6 is 0 Å². The standard InChI is InChI=1S/C20H20N4O2/c1-11-7-12(2)9-16(8-11)23-19(25)17-18(20(23)26)24(22-21-17)15-6-5-13(3)14(4)10-15/h5-10,17-18H,1-4H3/t17-,18+/m1/s1. The Morgan fingerprint density at radius 2 is 1.50 bits per heavy atom. The van der Waals surface area contributed by atoms with Gasteiger partial charge in [0.15, 0.2) is 12.1 Å². The van der Waals surface area contributed by atoms with Gasteiger partial charge in [-0.15, -0.1) is 0 Å². The summed E-state index contributed by atoms with van der Waals surface area (Å²) in [5.74, 6) is -0.603. The van der Waals surface area contributed by atoms with Crippen LogP contribution in [0.4, 0.5) is 11.4 Å². The Labute approximate surface area is 152 Å². The van der Waals surface area contributed by atoms with Crippen molar-refractivity contribution in [2.45, 2.75) is 39.8 Å². The van der Waals surface area contributed by atoms with Gasteiger partial charge in [-0.05, 0) is 74.2 Å². The topological polar surface area (TPSA) is 65.3 Å². The lowest BCUT2D eigenvalue weighted by Crippen LogP contribution is -2.40. The van der Waals surface area contributed by atoms with Crippen molar-refractivity contribution in [1.82, 2.24) is 0 Å². The van der Waals surface area contributed by atoms with E-state index in [1.54, 1.807) is 5.01 Å². The van der Waals surface area contributed by atoms with Crippen molar-refractivity contribution in [1.29, 1.82) is 0 Å². The van der Waals surface area contributed by atoms with Gasteiger partial charge < -0.3 is 0 Å². The van der Waals surface area contributed by atoms with E-state index in [-0.39, 0.29) is 11.8 Å². The fourth-order valence-electron chi connectivity index (χ4n) is 3.58. The van der Waals surface area contributed by atoms with Crippen molar-refractivity contribution in [2.75, 3.05) is 9.91 Å². The number of nitrogens with zero attached hydrogens (tertiary/aromatic N) is 4. The lowest BCUT2D eigenvalue weighted by Gasteiger charge is -2.21. The molecule has 2 heterocycles. The Balaban J connectivity index is 1.72. The van der Waals surface area contributed by atoms with Crippen LogP contribution in [0.5, 0.6) is 0 Å². The van der Waals surface area contributed by atoms with E-state index in [2.05, 4.69) is 10.3 Å². The first-order chi connectivity index (χ1) is 12.4. The van der Waals surface area contributed by atoms with Gasteiger partial charge in [0, 0.05) is 0 Å². The summed E-state index contributed by atoms with van der Waals surface area (Å²) in [4.78, 5) is 27.2. The van der Waals surface area contributed by atoms with Crippen LogP contribution in [0.2, 0.25) is 0 Å². The highest BCUT2D eigenvalue weighted by molar-refractivity contribution is 6.26. The maximum absolute atomic E-state index is 13.1. The summed E-state index contributed by atoms with van der Waals surface area (Å²) >= 11 is 0. The van der Waals surface area contributed by atoms with Crippen molar-refractivity contribution < 1.29 is 9.59 Å². The Hall–Kier alpha value is -3.02. The molecule has 1 saturated heterocycles. The van der Waals surface area contributed by atoms with Crippen molar-refractivity contribution in [3.63, 3.8) is 0 Å². The first kappa shape index (κ1) is 16.4. The number of aryl methyl sites for hydroxylation is 4. The third-order valence-electron chi connectivity index (χ3n) is 5.00. The van der Waals surface area contributed by atoms with E-state index in [0.717, 1.165) is 27.9 Å². The molecule has 0 aliphatic carbocycles. The molecule has 0 N–H and O–H groups in total. The van der Waals surface area contributed by atoms with E-state index < -0.39 is 12.1 Å². The van der Waals surface area contributed by atoms with Crippen LogP contribution in [0.25, 0.3) is 0 Å². The highest BCUT2D eigenvalue weighted by Crippen LogP contribution is 2.35. The van der Waals surface area contributed by atoms with Gasteiger partial charge in [-0.3, -0.25) is 9.59 Å². The smallest absolute Gasteiger partial charge is 0.263 e. The summed E-state index contributed by atoms with van der Waals surface area (Å²) in [6.07, 6.45) is 0. The highest BCUT2D eigenvalue weighted by Gasteiger charge is 2.55. The third-order valence-corrected chi connectivity index (χ3v) is 5.00. The second kappa shape index (κ2) is 5.76. The Morgan fingerprint density at radius 1 is 0.808 bits per heavy atom. The number of hydrogen-bond donors (Lipinski definition) is 0. The van der Waals surface area contributed by atoms with E-state index >= 15 is 0 Å². The van der Waals surface area contributed by atoms with Gasteiger partial charge in [-0.25, -0.2) is 9.91 Å². The molecule has 2 aromatic rings. The predicted octanol–water partition coefficient (Wildman–Crippen LogP) is 3.42. The number of rotatable bonds is 2. The minimum atomic E-state index is -0.787. The third kappa shape index (κ3) is 2.41. The van der Waals surface area contributed by atoms with Gasteiger partial charge in [0.1, 0.15) is 0 Å². The van der Waals surface area contributed by atoms with Crippen LogP contribution in [0, 0.1) is 27.7 Å². The van der Waals surface area contributed by atoms with Crippen molar-refractivity contribution in [3.05, 3.63) is 58.7 Å². The largest absolute Gasteiger partial charge is 0.271 e. The van der Waals surface area contributed by atoms with Crippen LogP contribution in [0.3, 0.4) is 0 Å². The van der Waals surface area contributed by atoms with Crippen LogP contribution < -0.4 is 9.91 Å². The highest BCUT2D eigenvalue weighted by atomic mass is 16.2. The average molecular weight is 348 g/mol. The number of benzene rings is 2. The minimum Gasteiger partial charge on any atom is -0.271 e. The summed E-state index contributed by atoms with van der Waals surface area (Å²) in [7, 11) is 0. The van der Waals surface area contributed by atoms with Gasteiger partial charge in [0.25, 0.3) is 11.8 Å². The van der Waals surface area contributed by atoms with Gasteiger partial charge >= 0.3 is 0 Å². The van der Waals surface area contributed by atoms with Gasteiger partial charge in [-0.2, -0.15) is 5.11 Å². The SMILES string of the molecule is Cc1cc(C)cc(N2C(=O)[C@@H]3[C@@H](N=NN3c3ccc(C)c(C)c3)C2=O)c1. The molecule has 132 valence electrons.